The number of aliphatic hydroxyl groups is 1. The van der Waals surface area contributed by atoms with E-state index in [4.69, 9.17) is 0 Å². The number of phenolic OH excluding ortho intramolecular Hbond substituents is 1. The molecule has 1 aliphatic carbocycles. The maximum absolute atomic E-state index is 12.0. The lowest BCUT2D eigenvalue weighted by atomic mass is 9.93. The van der Waals surface area contributed by atoms with Crippen LogP contribution in [0.15, 0.2) is 18.2 Å². The van der Waals surface area contributed by atoms with Gasteiger partial charge in [-0.15, -0.1) is 0 Å². The molecule has 0 unspecified atom stereocenters. The van der Waals surface area contributed by atoms with E-state index in [0.717, 1.165) is 29.3 Å². The van der Waals surface area contributed by atoms with Gasteiger partial charge in [-0.25, -0.2) is 0 Å². The Bertz CT molecular complexity index is 442. The Balaban J connectivity index is 1.97. The van der Waals surface area contributed by atoms with Gasteiger partial charge < -0.3 is 15.5 Å². The molecule has 4 nitrogen and oxygen atoms in total. The zero-order valence-electron chi connectivity index (χ0n) is 9.90. The van der Waals surface area contributed by atoms with Gasteiger partial charge >= 0.3 is 0 Å². The molecule has 0 heterocycles. The third-order valence-electron chi connectivity index (χ3n) is 3.24. The van der Waals surface area contributed by atoms with Crippen LogP contribution in [0.4, 0.5) is 0 Å². The van der Waals surface area contributed by atoms with E-state index in [-0.39, 0.29) is 23.8 Å². The van der Waals surface area contributed by atoms with Crippen LogP contribution in [0.5, 0.6) is 5.75 Å². The van der Waals surface area contributed by atoms with Crippen molar-refractivity contribution in [1.82, 2.24) is 5.32 Å². The number of benzene rings is 1. The number of carbonyl (C=O) groups excluding carboxylic acids is 1. The molecule has 0 spiro atoms. The second-order valence-corrected chi connectivity index (χ2v) is 5.81. The molecule has 1 aromatic rings. The number of hydrogen-bond acceptors (Lipinski definition) is 3. The molecular weight excluding hydrogens is 345 g/mol. The predicted octanol–water partition coefficient (Wildman–Crippen LogP) is 2.03. The summed E-state index contributed by atoms with van der Waals surface area (Å²) in [6.07, 6.45) is 2.87. The topological polar surface area (TPSA) is 69.6 Å². The molecule has 3 N–H and O–H groups in total. The highest BCUT2D eigenvalue weighted by Crippen LogP contribution is 2.22. The molecule has 1 fully saturated rings. The lowest BCUT2D eigenvalue weighted by molar-refractivity contribution is 0.0867. The summed E-state index contributed by atoms with van der Waals surface area (Å²) >= 11 is 2.01. The van der Waals surface area contributed by atoms with Gasteiger partial charge in [0.05, 0.1) is 9.67 Å². The van der Waals surface area contributed by atoms with Crippen LogP contribution in [0.1, 0.15) is 36.0 Å². The van der Waals surface area contributed by atoms with Gasteiger partial charge in [0, 0.05) is 11.6 Å². The molecule has 1 saturated carbocycles. The Morgan fingerprint density at radius 2 is 1.94 bits per heavy atom. The quantitative estimate of drug-likeness (QED) is 0.706. The van der Waals surface area contributed by atoms with E-state index in [0.29, 0.717) is 5.56 Å². The highest BCUT2D eigenvalue weighted by molar-refractivity contribution is 14.1. The second kappa shape index (κ2) is 5.88. The van der Waals surface area contributed by atoms with Crippen LogP contribution in [0.2, 0.25) is 0 Å². The average molecular weight is 361 g/mol. The monoisotopic (exact) mass is 361 g/mol. The summed E-state index contributed by atoms with van der Waals surface area (Å²) in [6.45, 7) is 0. The average Bonchev–Trinajstić information content (AvgIpc) is 2.35. The first-order chi connectivity index (χ1) is 8.56. The Morgan fingerprint density at radius 1 is 1.28 bits per heavy atom. The number of phenols is 1. The molecule has 1 amide bonds. The molecule has 0 radical (unpaired) electrons. The molecule has 0 saturated heterocycles. The van der Waals surface area contributed by atoms with Crippen molar-refractivity contribution in [1.29, 1.82) is 0 Å². The number of aliphatic hydroxyl groups excluding tert-OH is 1. The first kappa shape index (κ1) is 13.6. The van der Waals surface area contributed by atoms with Gasteiger partial charge in [-0.05, 0) is 66.5 Å². The number of aromatic hydroxyl groups is 1. The highest BCUT2D eigenvalue weighted by atomic mass is 127. The van der Waals surface area contributed by atoms with Crippen LogP contribution in [0.3, 0.4) is 0 Å². The SMILES string of the molecule is O=C(NC1CCC(O)CC1)c1ccc(I)c(O)c1. The van der Waals surface area contributed by atoms with Crippen LogP contribution < -0.4 is 5.32 Å². The first-order valence-corrected chi connectivity index (χ1v) is 7.11. The molecule has 0 bridgehead atoms. The zero-order chi connectivity index (χ0) is 13.1. The summed E-state index contributed by atoms with van der Waals surface area (Å²) in [5.41, 5.74) is 0.471. The fraction of sp³-hybridized carbons (Fsp3) is 0.462. The van der Waals surface area contributed by atoms with Gasteiger partial charge in [0.25, 0.3) is 5.91 Å². The summed E-state index contributed by atoms with van der Waals surface area (Å²) in [5.74, 6) is -0.0367. The molecule has 0 atom stereocenters. The van der Waals surface area contributed by atoms with E-state index in [2.05, 4.69) is 5.32 Å². The Labute approximate surface area is 120 Å². The van der Waals surface area contributed by atoms with Crippen molar-refractivity contribution < 1.29 is 15.0 Å². The summed E-state index contributed by atoms with van der Waals surface area (Å²) in [7, 11) is 0. The van der Waals surface area contributed by atoms with Crippen LogP contribution in [0, 0.1) is 3.57 Å². The van der Waals surface area contributed by atoms with Gasteiger partial charge in [-0.3, -0.25) is 4.79 Å². The van der Waals surface area contributed by atoms with Crippen molar-refractivity contribution in [2.24, 2.45) is 0 Å². The Hall–Kier alpha value is -0.820. The highest BCUT2D eigenvalue weighted by Gasteiger charge is 2.21. The normalized spacial score (nSPS) is 23.7. The fourth-order valence-electron chi connectivity index (χ4n) is 2.14. The lowest BCUT2D eigenvalue weighted by Crippen LogP contribution is -2.38. The number of amides is 1. The Kier molecular flexibility index (Phi) is 4.45. The van der Waals surface area contributed by atoms with Gasteiger partial charge in [0.15, 0.2) is 0 Å². The summed E-state index contributed by atoms with van der Waals surface area (Å²) in [6, 6.07) is 5.03. The van der Waals surface area contributed by atoms with E-state index in [1.807, 2.05) is 22.6 Å². The standard InChI is InChI=1S/C13H16INO3/c14-11-6-1-8(7-12(11)17)13(18)15-9-2-4-10(16)5-3-9/h1,6-7,9-10,16-17H,2-5H2,(H,15,18). The minimum atomic E-state index is -0.222. The smallest absolute Gasteiger partial charge is 0.251 e. The lowest BCUT2D eigenvalue weighted by Gasteiger charge is -2.26. The van der Waals surface area contributed by atoms with Crippen molar-refractivity contribution in [3.05, 3.63) is 27.3 Å². The summed E-state index contributed by atoms with van der Waals surface area (Å²) in [4.78, 5) is 12.0. The van der Waals surface area contributed by atoms with Crippen LogP contribution in [0.25, 0.3) is 0 Å². The Morgan fingerprint density at radius 3 is 2.56 bits per heavy atom. The van der Waals surface area contributed by atoms with Crippen molar-refractivity contribution in [2.45, 2.75) is 37.8 Å². The van der Waals surface area contributed by atoms with E-state index < -0.39 is 0 Å². The summed E-state index contributed by atoms with van der Waals surface area (Å²) < 4.78 is 0.727. The maximum Gasteiger partial charge on any atom is 0.251 e. The number of hydrogen-bond donors (Lipinski definition) is 3. The molecule has 0 aromatic heterocycles. The van der Waals surface area contributed by atoms with Crippen LogP contribution in [-0.2, 0) is 0 Å². The van der Waals surface area contributed by atoms with E-state index in [9.17, 15) is 15.0 Å². The number of rotatable bonds is 2. The first-order valence-electron chi connectivity index (χ1n) is 6.03. The van der Waals surface area contributed by atoms with Crippen LogP contribution in [-0.4, -0.2) is 28.3 Å². The van der Waals surface area contributed by atoms with E-state index in [1.54, 1.807) is 12.1 Å². The van der Waals surface area contributed by atoms with Crippen molar-refractivity contribution in [3.63, 3.8) is 0 Å². The largest absolute Gasteiger partial charge is 0.507 e. The number of nitrogens with one attached hydrogen (secondary N) is 1. The molecule has 18 heavy (non-hydrogen) atoms. The van der Waals surface area contributed by atoms with Gasteiger partial charge in [0.1, 0.15) is 5.75 Å². The maximum atomic E-state index is 12.0. The molecule has 1 aliphatic rings. The van der Waals surface area contributed by atoms with Crippen LogP contribution >= 0.6 is 22.6 Å². The van der Waals surface area contributed by atoms with E-state index in [1.165, 1.54) is 6.07 Å². The predicted molar refractivity (Wildman–Crippen MR) is 76.6 cm³/mol. The van der Waals surface area contributed by atoms with E-state index >= 15 is 0 Å². The molecular formula is C13H16INO3. The third kappa shape index (κ3) is 3.35. The minimum Gasteiger partial charge on any atom is -0.507 e. The number of halogens is 1. The van der Waals surface area contributed by atoms with Crippen molar-refractivity contribution in [3.8, 4) is 5.75 Å². The molecule has 0 aliphatic heterocycles. The second-order valence-electron chi connectivity index (χ2n) is 4.65. The van der Waals surface area contributed by atoms with Gasteiger partial charge in [0.2, 0.25) is 0 Å². The van der Waals surface area contributed by atoms with Crippen molar-refractivity contribution >= 4 is 28.5 Å². The van der Waals surface area contributed by atoms with Gasteiger partial charge in [-0.2, -0.15) is 0 Å². The number of carbonyl (C=O) groups is 1. The molecule has 5 heteroatoms. The molecule has 1 aromatic carbocycles. The minimum absolute atomic E-state index is 0.127. The fourth-order valence-corrected chi connectivity index (χ4v) is 2.48. The molecule has 2 rings (SSSR count). The summed E-state index contributed by atoms with van der Waals surface area (Å²) in [5, 5.41) is 21.9. The molecule has 98 valence electrons. The van der Waals surface area contributed by atoms with Crippen molar-refractivity contribution in [2.75, 3.05) is 0 Å². The van der Waals surface area contributed by atoms with Gasteiger partial charge in [-0.1, -0.05) is 0 Å². The third-order valence-corrected chi connectivity index (χ3v) is 4.15. The zero-order valence-corrected chi connectivity index (χ0v) is 12.1.